The van der Waals surface area contributed by atoms with Gasteiger partial charge in [0.1, 0.15) is 5.82 Å². The van der Waals surface area contributed by atoms with E-state index in [1.54, 1.807) is 0 Å². The van der Waals surface area contributed by atoms with E-state index in [0.29, 0.717) is 0 Å². The van der Waals surface area contributed by atoms with Gasteiger partial charge in [-0.05, 0) is 24.3 Å². The van der Waals surface area contributed by atoms with Gasteiger partial charge in [0.25, 0.3) is 5.91 Å². The fourth-order valence-electron chi connectivity index (χ4n) is 2.21. The molecule has 0 aliphatic heterocycles. The first kappa shape index (κ1) is 22.2. The summed E-state index contributed by atoms with van der Waals surface area (Å²) in [5.74, 6) is -2.09. The van der Waals surface area contributed by atoms with Gasteiger partial charge in [-0.1, -0.05) is 35.3 Å². The van der Waals surface area contributed by atoms with Gasteiger partial charge in [0.05, 0.1) is 21.3 Å². The van der Waals surface area contributed by atoms with Gasteiger partial charge in [-0.3, -0.25) is 4.79 Å². The van der Waals surface area contributed by atoms with E-state index < -0.39 is 56.6 Å². The number of rotatable bonds is 3. The molecule has 0 bridgehead atoms. The maximum absolute atomic E-state index is 14.1. The molecule has 0 aliphatic carbocycles. The zero-order valence-electron chi connectivity index (χ0n) is 13.2. The predicted octanol–water partition coefficient (Wildman–Crippen LogP) is 6.67. The number of halogens is 10. The maximum atomic E-state index is 14.1. The highest BCUT2D eigenvalue weighted by molar-refractivity contribution is 6.40. The molecule has 0 spiro atoms. The minimum absolute atomic E-state index is 0.0331. The molecule has 28 heavy (non-hydrogen) atoms. The lowest BCUT2D eigenvalue weighted by Gasteiger charge is -2.30. The van der Waals surface area contributed by atoms with Crippen molar-refractivity contribution >= 4 is 34.8 Å². The Morgan fingerprint density at radius 3 is 1.75 bits per heavy atom. The van der Waals surface area contributed by atoms with Gasteiger partial charge in [0, 0.05) is 5.56 Å². The van der Waals surface area contributed by atoms with Crippen molar-refractivity contribution in [2.75, 3.05) is 5.32 Å². The first-order chi connectivity index (χ1) is 12.7. The molecule has 1 N–H and O–H groups in total. The number of alkyl halides is 7. The molecule has 2 aromatic rings. The lowest BCUT2D eigenvalue weighted by molar-refractivity contribution is -0.348. The standard InChI is InChI=1S/C16H7Cl2F8NO/c17-9-5-7(14(20,15(21,22)23)16(24,25)26)6-10(18)12(9)27-13(28)8-3-1-2-4-11(8)19/h1-6H,(H,27,28). The smallest absolute Gasteiger partial charge is 0.319 e. The molecule has 0 aromatic heterocycles. The van der Waals surface area contributed by atoms with Crippen LogP contribution in [-0.4, -0.2) is 18.3 Å². The van der Waals surface area contributed by atoms with Gasteiger partial charge in [-0.2, -0.15) is 26.3 Å². The van der Waals surface area contributed by atoms with Gasteiger partial charge in [0.15, 0.2) is 0 Å². The second-order valence-corrected chi connectivity index (χ2v) is 6.22. The van der Waals surface area contributed by atoms with Gasteiger partial charge in [-0.25, -0.2) is 8.78 Å². The van der Waals surface area contributed by atoms with Gasteiger partial charge < -0.3 is 5.32 Å². The Hall–Kier alpha value is -2.07. The van der Waals surface area contributed by atoms with Crippen LogP contribution in [0.5, 0.6) is 0 Å². The van der Waals surface area contributed by atoms with Crippen LogP contribution in [-0.2, 0) is 5.67 Å². The summed E-state index contributed by atoms with van der Waals surface area (Å²) in [6.07, 6.45) is -12.7. The molecule has 0 saturated heterocycles. The van der Waals surface area contributed by atoms with E-state index in [4.69, 9.17) is 23.2 Å². The lowest BCUT2D eigenvalue weighted by atomic mass is 9.94. The summed E-state index contributed by atoms with van der Waals surface area (Å²) in [6, 6.07) is 4.63. The van der Waals surface area contributed by atoms with Crippen molar-refractivity contribution in [2.24, 2.45) is 0 Å². The third-order valence-corrected chi connectivity index (χ3v) is 4.17. The van der Waals surface area contributed by atoms with Crippen LogP contribution in [0.1, 0.15) is 15.9 Å². The van der Waals surface area contributed by atoms with Crippen LogP contribution in [0.15, 0.2) is 36.4 Å². The fourth-order valence-corrected chi connectivity index (χ4v) is 2.79. The summed E-state index contributed by atoms with van der Waals surface area (Å²) in [6.45, 7) is 0. The zero-order valence-corrected chi connectivity index (χ0v) is 14.7. The molecule has 0 heterocycles. The van der Waals surface area contributed by atoms with Crippen molar-refractivity contribution in [1.82, 2.24) is 0 Å². The molecule has 1 amide bonds. The molecule has 12 heteroatoms. The second kappa shape index (κ2) is 7.40. The first-order valence-electron chi connectivity index (χ1n) is 7.08. The number of hydrogen-bond acceptors (Lipinski definition) is 1. The molecule has 0 fully saturated rings. The predicted molar refractivity (Wildman–Crippen MR) is 85.7 cm³/mol. The van der Waals surface area contributed by atoms with Crippen LogP contribution in [0.25, 0.3) is 0 Å². The minimum Gasteiger partial charge on any atom is -0.319 e. The average molecular weight is 452 g/mol. The zero-order chi connectivity index (χ0) is 21.5. The highest BCUT2D eigenvalue weighted by atomic mass is 35.5. The van der Waals surface area contributed by atoms with Crippen molar-refractivity contribution in [3.8, 4) is 0 Å². The molecule has 0 radical (unpaired) electrons. The normalized spacial score (nSPS) is 12.8. The highest BCUT2D eigenvalue weighted by Gasteiger charge is 2.73. The monoisotopic (exact) mass is 451 g/mol. The van der Waals surface area contributed by atoms with Crippen molar-refractivity contribution in [2.45, 2.75) is 18.0 Å². The van der Waals surface area contributed by atoms with Gasteiger partial charge in [-0.15, -0.1) is 0 Å². The van der Waals surface area contributed by atoms with E-state index in [2.05, 4.69) is 0 Å². The van der Waals surface area contributed by atoms with E-state index in [0.717, 1.165) is 12.1 Å². The summed E-state index contributed by atoms with van der Waals surface area (Å²) in [4.78, 5) is 12.0. The molecule has 2 aromatic carbocycles. The van der Waals surface area contributed by atoms with Crippen LogP contribution < -0.4 is 5.32 Å². The van der Waals surface area contributed by atoms with Gasteiger partial charge in [0.2, 0.25) is 0 Å². The fraction of sp³-hybridized carbons (Fsp3) is 0.188. The van der Waals surface area contributed by atoms with Crippen molar-refractivity contribution in [3.05, 3.63) is 63.4 Å². The van der Waals surface area contributed by atoms with Crippen molar-refractivity contribution < 1.29 is 39.9 Å². The molecular formula is C16H7Cl2F8NO. The third-order valence-electron chi connectivity index (χ3n) is 3.58. The largest absolute Gasteiger partial charge is 0.435 e. The molecule has 152 valence electrons. The summed E-state index contributed by atoms with van der Waals surface area (Å²) >= 11 is 11.2. The summed E-state index contributed by atoms with van der Waals surface area (Å²) < 4.78 is 105. The number of hydrogen-bond donors (Lipinski definition) is 1. The molecular weight excluding hydrogens is 445 g/mol. The molecule has 0 atom stereocenters. The van der Waals surface area contributed by atoms with E-state index in [1.165, 1.54) is 12.1 Å². The van der Waals surface area contributed by atoms with E-state index in [9.17, 15) is 39.9 Å². The Labute approximate surface area is 162 Å². The van der Waals surface area contributed by atoms with Crippen LogP contribution in [0.3, 0.4) is 0 Å². The third kappa shape index (κ3) is 3.88. The Morgan fingerprint density at radius 2 is 1.32 bits per heavy atom. The molecule has 2 nitrogen and oxygen atoms in total. The number of carbonyl (C=O) groups excluding carboxylic acids is 1. The van der Waals surface area contributed by atoms with Crippen LogP contribution in [0.4, 0.5) is 40.8 Å². The van der Waals surface area contributed by atoms with Gasteiger partial charge >= 0.3 is 18.0 Å². The van der Waals surface area contributed by atoms with Crippen LogP contribution >= 0.6 is 23.2 Å². The Morgan fingerprint density at radius 1 is 0.857 bits per heavy atom. The topological polar surface area (TPSA) is 29.1 Å². The lowest BCUT2D eigenvalue weighted by Crippen LogP contribution is -2.50. The summed E-state index contributed by atoms with van der Waals surface area (Å²) in [5.41, 5.74) is -8.79. The first-order valence-corrected chi connectivity index (χ1v) is 7.83. The van der Waals surface area contributed by atoms with E-state index >= 15 is 0 Å². The van der Waals surface area contributed by atoms with Crippen molar-refractivity contribution in [3.63, 3.8) is 0 Å². The number of benzene rings is 2. The van der Waals surface area contributed by atoms with E-state index in [1.807, 2.05) is 5.32 Å². The average Bonchev–Trinajstić information content (AvgIpc) is 2.55. The van der Waals surface area contributed by atoms with E-state index in [-0.39, 0.29) is 12.1 Å². The molecule has 0 saturated carbocycles. The summed E-state index contributed by atoms with van der Waals surface area (Å²) in [7, 11) is 0. The molecule has 2 rings (SSSR count). The number of anilines is 1. The Bertz CT molecular complexity index is 873. The highest BCUT2D eigenvalue weighted by Crippen LogP contribution is 2.54. The maximum Gasteiger partial charge on any atom is 0.435 e. The quantitative estimate of drug-likeness (QED) is 0.518. The number of carbonyl (C=O) groups is 1. The Balaban J connectivity index is 2.51. The number of nitrogens with one attached hydrogen (secondary N) is 1. The SMILES string of the molecule is O=C(Nc1c(Cl)cc(C(F)(C(F)(F)F)C(F)(F)F)cc1Cl)c1ccccc1F. The molecule has 0 unspecified atom stereocenters. The van der Waals surface area contributed by atoms with Crippen molar-refractivity contribution in [1.29, 1.82) is 0 Å². The molecule has 0 aliphatic rings. The Kier molecular flexibility index (Phi) is 5.87. The second-order valence-electron chi connectivity index (χ2n) is 5.40. The minimum atomic E-state index is -6.37. The summed E-state index contributed by atoms with van der Waals surface area (Å²) in [5, 5.41) is 0.136. The number of amides is 1. The van der Waals surface area contributed by atoms with Crippen LogP contribution in [0.2, 0.25) is 10.0 Å². The van der Waals surface area contributed by atoms with Crippen LogP contribution in [0, 0.1) is 5.82 Å².